The molecule has 1 amide bonds. The Hall–Kier alpha value is -3.17. The van der Waals surface area contributed by atoms with E-state index in [4.69, 9.17) is 4.74 Å². The van der Waals surface area contributed by atoms with E-state index in [0.717, 1.165) is 24.8 Å². The quantitative estimate of drug-likeness (QED) is 0.577. The van der Waals surface area contributed by atoms with Gasteiger partial charge in [-0.15, -0.1) is 0 Å². The van der Waals surface area contributed by atoms with Crippen LogP contribution < -0.4 is 15.6 Å². The van der Waals surface area contributed by atoms with E-state index >= 15 is 0 Å². The van der Waals surface area contributed by atoms with Gasteiger partial charge in [-0.2, -0.15) is 4.31 Å². The molecule has 2 aromatic carbocycles. The molecule has 0 spiro atoms. The number of pyridine rings is 1. The van der Waals surface area contributed by atoms with Crippen molar-refractivity contribution in [3.63, 3.8) is 0 Å². The van der Waals surface area contributed by atoms with E-state index in [1.54, 1.807) is 13.2 Å². The van der Waals surface area contributed by atoms with Crippen molar-refractivity contribution in [3.8, 4) is 5.75 Å². The number of fused-ring (bicyclic) bond motifs is 1. The molecule has 0 unspecified atom stereocenters. The summed E-state index contributed by atoms with van der Waals surface area (Å²) in [7, 11) is -2.17. The number of aromatic nitrogens is 1. The second-order valence-corrected chi connectivity index (χ2v) is 10.1. The van der Waals surface area contributed by atoms with Crippen LogP contribution in [-0.4, -0.2) is 43.3 Å². The number of ether oxygens (including phenoxy) is 1. The van der Waals surface area contributed by atoms with E-state index in [0.29, 0.717) is 23.2 Å². The van der Waals surface area contributed by atoms with Crippen LogP contribution in [0.5, 0.6) is 5.75 Å². The maximum absolute atomic E-state index is 13.3. The van der Waals surface area contributed by atoms with Crippen molar-refractivity contribution in [1.29, 1.82) is 0 Å². The van der Waals surface area contributed by atoms with Gasteiger partial charge < -0.3 is 15.0 Å². The molecule has 2 N–H and O–H groups in total. The Bertz CT molecular complexity index is 1350. The molecule has 33 heavy (non-hydrogen) atoms. The number of amides is 1. The number of carbonyl (C=O) groups excluding carboxylic acids is 1. The molecule has 1 atom stereocenters. The number of rotatable bonds is 6. The SMILES string of the molecule is COc1ccccc1CNC(=O)c1cc(=O)[nH]c2ccc(S(=O)(=O)N3CCCC[C@@H]3C)cc12. The molecule has 0 radical (unpaired) electrons. The Morgan fingerprint density at radius 2 is 1.97 bits per heavy atom. The monoisotopic (exact) mass is 469 g/mol. The fourth-order valence-corrected chi connectivity index (χ4v) is 5.99. The molecule has 8 nitrogen and oxygen atoms in total. The van der Waals surface area contributed by atoms with Crippen LogP contribution in [0.4, 0.5) is 0 Å². The predicted molar refractivity (Wildman–Crippen MR) is 126 cm³/mol. The first-order valence-electron chi connectivity index (χ1n) is 10.9. The van der Waals surface area contributed by atoms with Crippen LogP contribution in [0.1, 0.15) is 42.1 Å². The van der Waals surface area contributed by atoms with Gasteiger partial charge in [-0.25, -0.2) is 8.42 Å². The summed E-state index contributed by atoms with van der Waals surface area (Å²) in [6.07, 6.45) is 2.64. The summed E-state index contributed by atoms with van der Waals surface area (Å²) in [6, 6.07) is 12.9. The summed E-state index contributed by atoms with van der Waals surface area (Å²) in [6.45, 7) is 2.58. The van der Waals surface area contributed by atoms with Gasteiger partial charge in [-0.1, -0.05) is 24.6 Å². The Labute approximate surface area is 192 Å². The normalized spacial score (nSPS) is 17.1. The molecule has 0 saturated carbocycles. The Morgan fingerprint density at radius 1 is 1.18 bits per heavy atom. The number of hydrogen-bond acceptors (Lipinski definition) is 5. The minimum Gasteiger partial charge on any atom is -0.496 e. The number of para-hydroxylation sites is 1. The molecule has 1 aliphatic heterocycles. The number of H-pyrrole nitrogens is 1. The van der Waals surface area contributed by atoms with E-state index in [9.17, 15) is 18.0 Å². The van der Waals surface area contributed by atoms with Gasteiger partial charge in [0.05, 0.1) is 17.6 Å². The van der Waals surface area contributed by atoms with E-state index in [-0.39, 0.29) is 23.0 Å². The van der Waals surface area contributed by atoms with Crippen molar-refractivity contribution in [2.75, 3.05) is 13.7 Å². The highest BCUT2D eigenvalue weighted by Gasteiger charge is 2.31. The zero-order chi connectivity index (χ0) is 23.6. The average Bonchev–Trinajstić information content (AvgIpc) is 2.82. The number of carbonyl (C=O) groups is 1. The van der Waals surface area contributed by atoms with Crippen molar-refractivity contribution in [2.45, 2.75) is 43.7 Å². The number of nitrogens with one attached hydrogen (secondary N) is 2. The Morgan fingerprint density at radius 3 is 2.73 bits per heavy atom. The Balaban J connectivity index is 1.69. The molecule has 174 valence electrons. The third-order valence-corrected chi connectivity index (χ3v) is 8.05. The van der Waals surface area contributed by atoms with Crippen molar-refractivity contribution >= 4 is 26.8 Å². The molecule has 1 aliphatic rings. The van der Waals surface area contributed by atoms with E-state index in [1.165, 1.54) is 28.6 Å². The van der Waals surface area contributed by atoms with Gasteiger partial charge in [-0.3, -0.25) is 9.59 Å². The number of piperidine rings is 1. The van der Waals surface area contributed by atoms with Crippen LogP contribution >= 0.6 is 0 Å². The van der Waals surface area contributed by atoms with Crippen LogP contribution in [0.2, 0.25) is 0 Å². The molecule has 0 bridgehead atoms. The lowest BCUT2D eigenvalue weighted by Gasteiger charge is -2.32. The number of aromatic amines is 1. The molecule has 3 aromatic rings. The van der Waals surface area contributed by atoms with Crippen LogP contribution in [-0.2, 0) is 16.6 Å². The number of benzene rings is 2. The van der Waals surface area contributed by atoms with Gasteiger partial charge in [0.25, 0.3) is 5.91 Å². The average molecular weight is 470 g/mol. The maximum Gasteiger partial charge on any atom is 0.252 e. The van der Waals surface area contributed by atoms with E-state index < -0.39 is 21.5 Å². The second-order valence-electron chi connectivity index (χ2n) is 8.21. The molecule has 9 heteroatoms. The van der Waals surface area contributed by atoms with Gasteiger partial charge in [-0.05, 0) is 44.0 Å². The van der Waals surface area contributed by atoms with Crippen molar-refractivity contribution < 1.29 is 17.9 Å². The zero-order valence-electron chi connectivity index (χ0n) is 18.6. The highest BCUT2D eigenvalue weighted by Crippen LogP contribution is 2.28. The zero-order valence-corrected chi connectivity index (χ0v) is 19.4. The lowest BCUT2D eigenvalue weighted by atomic mass is 10.1. The van der Waals surface area contributed by atoms with E-state index in [1.807, 2.05) is 25.1 Å². The van der Waals surface area contributed by atoms with Crippen molar-refractivity contribution in [2.24, 2.45) is 0 Å². The molecular weight excluding hydrogens is 442 g/mol. The van der Waals surface area contributed by atoms with Gasteiger partial charge in [0.2, 0.25) is 15.6 Å². The largest absolute Gasteiger partial charge is 0.496 e. The van der Waals surface area contributed by atoms with Gasteiger partial charge in [0.15, 0.2) is 0 Å². The highest BCUT2D eigenvalue weighted by atomic mass is 32.2. The van der Waals surface area contributed by atoms with E-state index in [2.05, 4.69) is 10.3 Å². The summed E-state index contributed by atoms with van der Waals surface area (Å²) in [5, 5.41) is 3.18. The molecule has 2 heterocycles. The third kappa shape index (κ3) is 4.65. The summed E-state index contributed by atoms with van der Waals surface area (Å²) in [4.78, 5) is 28.0. The molecule has 4 rings (SSSR count). The number of nitrogens with zero attached hydrogens (tertiary/aromatic N) is 1. The smallest absolute Gasteiger partial charge is 0.252 e. The van der Waals surface area contributed by atoms with Gasteiger partial charge >= 0.3 is 0 Å². The molecule has 1 fully saturated rings. The summed E-state index contributed by atoms with van der Waals surface area (Å²) in [5.74, 6) is 0.162. The van der Waals surface area contributed by atoms with Crippen LogP contribution in [0.3, 0.4) is 0 Å². The van der Waals surface area contributed by atoms with Crippen LogP contribution in [0.25, 0.3) is 10.9 Å². The number of sulfonamides is 1. The molecule has 1 saturated heterocycles. The van der Waals surface area contributed by atoms with Crippen LogP contribution in [0.15, 0.2) is 58.2 Å². The van der Waals surface area contributed by atoms with Gasteiger partial charge in [0.1, 0.15) is 5.75 Å². The minimum absolute atomic E-state index is 0.0846. The third-order valence-electron chi connectivity index (χ3n) is 6.04. The molecular formula is C24H27N3O5S. The topological polar surface area (TPSA) is 109 Å². The lowest BCUT2D eigenvalue weighted by molar-refractivity contribution is 0.0952. The van der Waals surface area contributed by atoms with Crippen LogP contribution in [0, 0.1) is 0 Å². The lowest BCUT2D eigenvalue weighted by Crippen LogP contribution is -2.41. The predicted octanol–water partition coefficient (Wildman–Crippen LogP) is 3.03. The second kappa shape index (κ2) is 9.36. The Kier molecular flexibility index (Phi) is 6.53. The van der Waals surface area contributed by atoms with Crippen molar-refractivity contribution in [3.05, 3.63) is 70.0 Å². The highest BCUT2D eigenvalue weighted by molar-refractivity contribution is 7.89. The molecule has 1 aromatic heterocycles. The summed E-state index contributed by atoms with van der Waals surface area (Å²) >= 11 is 0. The summed E-state index contributed by atoms with van der Waals surface area (Å²) in [5.41, 5.74) is 0.859. The first-order valence-corrected chi connectivity index (χ1v) is 12.3. The molecule has 0 aliphatic carbocycles. The fourth-order valence-electron chi connectivity index (χ4n) is 4.27. The maximum atomic E-state index is 13.3. The minimum atomic E-state index is -3.73. The first kappa shape index (κ1) is 23.0. The fraction of sp³-hybridized carbons (Fsp3) is 0.333. The summed E-state index contributed by atoms with van der Waals surface area (Å²) < 4.78 is 33.5. The first-order chi connectivity index (χ1) is 15.8. The number of methoxy groups -OCH3 is 1. The number of hydrogen-bond donors (Lipinski definition) is 2. The van der Waals surface area contributed by atoms with Gasteiger partial charge in [0, 0.05) is 41.7 Å². The van der Waals surface area contributed by atoms with Crippen molar-refractivity contribution in [1.82, 2.24) is 14.6 Å². The standard InChI is InChI=1S/C24H27N3O5S/c1-16-7-5-6-12-27(16)33(30,31)18-10-11-21-19(13-18)20(14-23(28)26-21)24(29)25-15-17-8-3-4-9-22(17)32-2/h3-4,8-11,13-14,16H,5-7,12,15H2,1-2H3,(H,25,29)(H,26,28)/t16-/m0/s1.